The number of imidazole rings is 1. The van der Waals surface area contributed by atoms with E-state index in [1.54, 1.807) is 53.4 Å². The minimum atomic E-state index is -4.40. The van der Waals surface area contributed by atoms with Crippen LogP contribution >= 0.6 is 13.4 Å². The molecule has 3 amide bonds. The van der Waals surface area contributed by atoms with Gasteiger partial charge in [0.15, 0.2) is 38.1 Å². The van der Waals surface area contributed by atoms with Gasteiger partial charge >= 0.3 is 13.4 Å². The van der Waals surface area contributed by atoms with E-state index in [9.17, 15) is 24.1 Å². The van der Waals surface area contributed by atoms with Crippen LogP contribution in [0.4, 0.5) is 10.2 Å². The molecule has 2 aromatic carbocycles. The molecule has 2 unspecified atom stereocenters. The zero-order chi connectivity index (χ0) is 55.8. The molecule has 3 fully saturated rings. The number of hydrogen-bond acceptors (Lipinski definition) is 18. The van der Waals surface area contributed by atoms with Crippen molar-refractivity contribution in [3.63, 3.8) is 0 Å². The SMILES string of the molecule is [C-]#[N+]CCOP1(=S)OC[C@H]2O[C@@H](n3cc4c5c(ncnc53)N(C(=O)c3ccccc3)CCC4)[C@H](O[Si](C)(C)C(C)(C)C)[C@@H]2OP(O)(=S)OC[C@H]2O[C@@H](n3cnc4c(=O)n(CCN5C(=O)c6ccccc6C5=O)cnc43)[C@H](O1)[C@@H]2F. The summed E-state index contributed by atoms with van der Waals surface area (Å²) in [5, 5.41) is 0.276. The third kappa shape index (κ3) is 10.4. The maximum absolute atomic E-state index is 17.2. The number of carbonyl (C=O) groups excluding carboxylic acids is 3. The first kappa shape index (κ1) is 55.5. The second-order valence-corrected chi connectivity index (χ2v) is 31.5. The van der Waals surface area contributed by atoms with Crippen molar-refractivity contribution in [3.8, 4) is 0 Å². The van der Waals surface area contributed by atoms with E-state index in [0.717, 1.165) is 10.5 Å². The molecule has 0 aliphatic carbocycles. The van der Waals surface area contributed by atoms with Crippen molar-refractivity contribution in [1.29, 1.82) is 0 Å². The van der Waals surface area contributed by atoms with Crippen LogP contribution in [0, 0.1) is 6.57 Å². The fourth-order valence-corrected chi connectivity index (χ4v) is 14.9. The van der Waals surface area contributed by atoms with E-state index >= 15 is 4.39 Å². The lowest BCUT2D eigenvalue weighted by Gasteiger charge is -2.41. The third-order valence-corrected chi connectivity index (χ3v) is 23.5. The highest BCUT2D eigenvalue weighted by Crippen LogP contribution is 2.58. The average molecular weight is 1180 g/mol. The van der Waals surface area contributed by atoms with Crippen LogP contribution in [0.15, 0.2) is 84.6 Å². The minimum Gasteiger partial charge on any atom is -0.407 e. The first-order chi connectivity index (χ1) is 37.7. The first-order valence-corrected chi connectivity index (χ1v) is 33.5. The van der Waals surface area contributed by atoms with Crippen LogP contribution in [-0.4, -0.2) is 146 Å². The molecule has 0 spiro atoms. The number of hydrogen-bond donors (Lipinski definition) is 1. The molecule has 5 aliphatic rings. The van der Waals surface area contributed by atoms with Crippen LogP contribution in [0.3, 0.4) is 0 Å². The number of aryl methyl sites for hydroxylation is 1. The van der Waals surface area contributed by atoms with Crippen molar-refractivity contribution >= 4 is 91.1 Å². The Balaban J connectivity index is 0.924. The molecular formula is C50H55FN10O13P2S2Si. The van der Waals surface area contributed by atoms with Gasteiger partial charge in [0.05, 0.1) is 36.1 Å². The van der Waals surface area contributed by atoms with Gasteiger partial charge in [-0.15, -0.1) is 0 Å². The molecule has 23 nitrogen and oxygen atoms in total. The number of imide groups is 1. The van der Waals surface area contributed by atoms with E-state index in [2.05, 4.69) is 40.6 Å². The Hall–Kier alpha value is -5.40. The second kappa shape index (κ2) is 21.5. The number of ether oxygens (including phenoxy) is 2. The number of alkyl halides is 1. The summed E-state index contributed by atoms with van der Waals surface area (Å²) in [5.74, 6) is -0.768. The first-order valence-electron chi connectivity index (χ1n) is 25.5. The highest BCUT2D eigenvalue weighted by Gasteiger charge is 2.56. The smallest absolute Gasteiger partial charge is 0.328 e. The number of fused-ring (bicyclic) bond motifs is 5. The Bertz CT molecular complexity index is 3560. The van der Waals surface area contributed by atoms with E-state index in [4.69, 9.17) is 71.7 Å². The summed E-state index contributed by atoms with van der Waals surface area (Å²) in [5.41, 5.74) is 1.48. The monoisotopic (exact) mass is 1180 g/mol. The van der Waals surface area contributed by atoms with Crippen molar-refractivity contribution in [2.24, 2.45) is 0 Å². The topological polar surface area (TPSA) is 240 Å². The number of anilines is 1. The fraction of sp³-hybridized carbons (Fsp3) is 0.460. The zero-order valence-electron chi connectivity index (χ0n) is 43.4. The largest absolute Gasteiger partial charge is 0.407 e. The Kier molecular flexibility index (Phi) is 15.1. The van der Waals surface area contributed by atoms with Crippen LogP contribution in [0.1, 0.15) is 76.3 Å². The zero-order valence-corrected chi connectivity index (χ0v) is 47.8. The Labute approximate surface area is 463 Å². The Morgan fingerprint density at radius 2 is 1.59 bits per heavy atom. The van der Waals surface area contributed by atoms with Gasteiger partial charge in [0.25, 0.3) is 23.3 Å². The van der Waals surface area contributed by atoms with Gasteiger partial charge in [0.2, 0.25) is 6.54 Å². The normalized spacial score (nSPS) is 28.5. The molecule has 1 N–H and O–H groups in total. The molecule has 10 atom stereocenters. The van der Waals surface area contributed by atoms with Gasteiger partial charge in [-0.2, -0.15) is 0 Å². The van der Waals surface area contributed by atoms with Gasteiger partial charge in [0, 0.05) is 31.4 Å². The van der Waals surface area contributed by atoms with Crippen molar-refractivity contribution in [2.75, 3.05) is 44.4 Å². The molecule has 11 rings (SSSR count). The lowest BCUT2D eigenvalue weighted by molar-refractivity contribution is -0.0617. The summed E-state index contributed by atoms with van der Waals surface area (Å²) in [6, 6.07) is 15.4. The van der Waals surface area contributed by atoms with E-state index in [0.29, 0.717) is 41.8 Å². The number of carbonyl (C=O) groups is 3. The minimum absolute atomic E-state index is 0.0465. The van der Waals surface area contributed by atoms with E-state index < -0.39 is 101 Å². The third-order valence-electron chi connectivity index (χ3n) is 15.1. The molecule has 5 aliphatic heterocycles. The number of amides is 3. The van der Waals surface area contributed by atoms with Crippen molar-refractivity contribution in [3.05, 3.63) is 124 Å². The van der Waals surface area contributed by atoms with Crippen LogP contribution in [-0.2, 0) is 73.1 Å². The van der Waals surface area contributed by atoms with Crippen molar-refractivity contribution < 1.29 is 60.2 Å². The predicted octanol–water partition coefficient (Wildman–Crippen LogP) is 6.64. The van der Waals surface area contributed by atoms with Gasteiger partial charge in [-0.3, -0.25) is 47.2 Å². The number of rotatable bonds is 11. The van der Waals surface area contributed by atoms with E-state index in [1.807, 2.05) is 29.9 Å². The maximum Gasteiger partial charge on any atom is 0.328 e. The van der Waals surface area contributed by atoms with Gasteiger partial charge in [-0.1, -0.05) is 51.1 Å². The number of benzene rings is 2. The Morgan fingerprint density at radius 1 is 0.886 bits per heavy atom. The molecule has 79 heavy (non-hydrogen) atoms. The molecule has 29 heteroatoms. The molecule has 9 heterocycles. The quantitative estimate of drug-likeness (QED) is 0.0470. The lowest BCUT2D eigenvalue weighted by atomic mass is 10.1. The second-order valence-electron chi connectivity index (χ2n) is 21.0. The van der Waals surface area contributed by atoms with Crippen molar-refractivity contribution in [2.45, 2.75) is 107 Å². The fourth-order valence-electron chi connectivity index (χ4n) is 10.1. The Morgan fingerprint density at radius 3 is 2.32 bits per heavy atom. The van der Waals surface area contributed by atoms with Gasteiger partial charge in [0.1, 0.15) is 61.2 Å². The summed E-state index contributed by atoms with van der Waals surface area (Å²) in [4.78, 5) is 90.5. The van der Waals surface area contributed by atoms with Crippen LogP contribution in [0.2, 0.25) is 18.1 Å². The molecule has 2 bridgehead atoms. The van der Waals surface area contributed by atoms with E-state index in [1.165, 1.54) is 28.1 Å². The number of nitrogens with zero attached hydrogens (tertiary/aromatic N) is 10. The predicted molar refractivity (Wildman–Crippen MR) is 292 cm³/mol. The summed E-state index contributed by atoms with van der Waals surface area (Å²) >= 11 is 11.8. The summed E-state index contributed by atoms with van der Waals surface area (Å²) in [6.45, 7) is 7.78. The summed E-state index contributed by atoms with van der Waals surface area (Å²) in [6.07, 6.45) is -4.40. The highest BCUT2D eigenvalue weighted by molar-refractivity contribution is 8.07. The number of aromatic nitrogens is 7. The lowest BCUT2D eigenvalue weighted by Crippen LogP contribution is -2.49. The molecule has 4 aromatic heterocycles. The van der Waals surface area contributed by atoms with Gasteiger partial charge < -0.3 is 41.8 Å². The number of halogens is 1. The van der Waals surface area contributed by atoms with Crippen molar-refractivity contribution in [1.82, 2.24) is 38.5 Å². The van der Waals surface area contributed by atoms with Crippen LogP contribution < -0.4 is 10.5 Å². The molecule has 0 radical (unpaired) electrons. The summed E-state index contributed by atoms with van der Waals surface area (Å²) < 4.78 is 73.5. The van der Waals surface area contributed by atoms with Crippen LogP contribution in [0.25, 0.3) is 27.0 Å². The highest BCUT2D eigenvalue weighted by atomic mass is 32.5. The standard InChI is InChI=1S/C50H55FN10O13P2S2Si/c1-50(2,3)79(5,6)74-40-38-34(71-49(40)60-23-30-15-12-19-58(41-35(30)42(60)54-26-53-41)44(62)29-13-8-7-9-14-29)25-69-76(78,67-22-18-52-4)73-39-36(51)33(24-68-75(66,77)72-38)70-48(39)61-28-55-37-43(61)56-27-57(47(37)65)20-21-59-45(63)31-16-10-11-17-32(31)46(59)64/h7-11,13-14,16-17,23,26-28,33-34,36,38-40,48-49H,12,15,18-22,24-25H2,1-3,5-6H3,(H,66,77)/t33-,34-,36-,38-,39-,40-,48-,49-,75?,76?/m1/s1. The molecule has 416 valence electrons. The molecule has 0 saturated carbocycles. The average Bonchev–Trinajstić information content (AvgIpc) is 4.39. The molecule has 6 aromatic rings. The molecule has 3 saturated heterocycles. The van der Waals surface area contributed by atoms with Gasteiger partial charge in [-0.25, -0.2) is 30.9 Å². The maximum atomic E-state index is 17.2. The summed E-state index contributed by atoms with van der Waals surface area (Å²) in [7, 11) is -2.81. The van der Waals surface area contributed by atoms with Crippen LogP contribution in [0.5, 0.6) is 0 Å². The van der Waals surface area contributed by atoms with E-state index in [-0.39, 0.29) is 59.5 Å². The molecular weight excluding hydrogens is 1120 g/mol. The van der Waals surface area contributed by atoms with Gasteiger partial charge in [-0.05, 0) is 84.4 Å².